The van der Waals surface area contributed by atoms with Gasteiger partial charge in [-0.15, -0.1) is 0 Å². The minimum atomic E-state index is -3.55. The molecule has 0 radical (unpaired) electrons. The molecule has 1 amide bonds. The van der Waals surface area contributed by atoms with Gasteiger partial charge in [0.15, 0.2) is 0 Å². The van der Waals surface area contributed by atoms with Gasteiger partial charge in [0.1, 0.15) is 5.75 Å². The highest BCUT2D eigenvalue weighted by Crippen LogP contribution is 2.17. The molecule has 0 aromatic heterocycles. The number of carbonyl (C=O) groups excluding carboxylic acids is 2. The van der Waals surface area contributed by atoms with Gasteiger partial charge >= 0.3 is 5.97 Å². The highest BCUT2D eigenvalue weighted by Gasteiger charge is 2.13. The van der Waals surface area contributed by atoms with Gasteiger partial charge in [0.2, 0.25) is 10.0 Å². The number of amides is 1. The molecule has 2 aromatic rings. The lowest BCUT2D eigenvalue weighted by Gasteiger charge is -2.09. The smallest absolute Gasteiger partial charge is 0.308 e. The summed E-state index contributed by atoms with van der Waals surface area (Å²) in [6.07, 6.45) is 1.67. The maximum absolute atomic E-state index is 12.3. The van der Waals surface area contributed by atoms with Gasteiger partial charge < -0.3 is 10.1 Å². The second kappa shape index (κ2) is 9.29. The van der Waals surface area contributed by atoms with E-state index in [1.54, 1.807) is 0 Å². The maximum atomic E-state index is 12.3. The quantitative estimate of drug-likeness (QED) is 0.410. The Kier molecular flexibility index (Phi) is 7.09. The summed E-state index contributed by atoms with van der Waals surface area (Å²) in [6, 6.07) is 12.0. The van der Waals surface area contributed by atoms with Gasteiger partial charge in [0.05, 0.1) is 4.90 Å². The molecular formula is C19H22N2O5S. The van der Waals surface area contributed by atoms with Gasteiger partial charge in [-0.3, -0.25) is 9.59 Å². The number of anilines is 1. The summed E-state index contributed by atoms with van der Waals surface area (Å²) in [7, 11) is -3.55. The molecule has 0 aliphatic heterocycles. The molecule has 27 heavy (non-hydrogen) atoms. The van der Waals surface area contributed by atoms with Crippen LogP contribution >= 0.6 is 0 Å². The van der Waals surface area contributed by atoms with E-state index in [0.29, 0.717) is 23.5 Å². The summed E-state index contributed by atoms with van der Waals surface area (Å²) in [5, 5.41) is 2.69. The molecule has 0 heterocycles. The molecule has 0 fully saturated rings. The monoisotopic (exact) mass is 390 g/mol. The first kappa shape index (κ1) is 20.6. The minimum Gasteiger partial charge on any atom is -0.427 e. The van der Waals surface area contributed by atoms with Crippen molar-refractivity contribution in [2.24, 2.45) is 0 Å². The average molecular weight is 390 g/mol. The fourth-order valence-corrected chi connectivity index (χ4v) is 3.30. The van der Waals surface area contributed by atoms with Crippen LogP contribution in [0.25, 0.3) is 0 Å². The Morgan fingerprint density at radius 1 is 1.00 bits per heavy atom. The van der Waals surface area contributed by atoms with Gasteiger partial charge in [0.25, 0.3) is 5.91 Å². The predicted molar refractivity (Wildman–Crippen MR) is 102 cm³/mol. The summed E-state index contributed by atoms with van der Waals surface area (Å²) in [5.41, 5.74) is 0.848. The largest absolute Gasteiger partial charge is 0.427 e. The zero-order valence-corrected chi connectivity index (χ0v) is 16.0. The van der Waals surface area contributed by atoms with Crippen LogP contribution in [0.3, 0.4) is 0 Å². The van der Waals surface area contributed by atoms with E-state index in [2.05, 4.69) is 10.0 Å². The number of esters is 1. The van der Waals surface area contributed by atoms with E-state index in [1.165, 1.54) is 55.5 Å². The van der Waals surface area contributed by atoms with Crippen LogP contribution in [0.1, 0.15) is 37.0 Å². The fraction of sp³-hybridized carbons (Fsp3) is 0.263. The van der Waals surface area contributed by atoms with Crippen molar-refractivity contribution >= 4 is 27.6 Å². The van der Waals surface area contributed by atoms with E-state index in [9.17, 15) is 18.0 Å². The van der Waals surface area contributed by atoms with Crippen LogP contribution in [0.15, 0.2) is 53.4 Å². The van der Waals surface area contributed by atoms with E-state index in [-0.39, 0.29) is 10.8 Å². The van der Waals surface area contributed by atoms with Crippen LogP contribution in [0.5, 0.6) is 5.75 Å². The second-order valence-electron chi connectivity index (χ2n) is 5.85. The summed E-state index contributed by atoms with van der Waals surface area (Å²) < 4.78 is 31.7. The topological polar surface area (TPSA) is 102 Å². The van der Waals surface area contributed by atoms with Crippen molar-refractivity contribution in [3.63, 3.8) is 0 Å². The van der Waals surface area contributed by atoms with E-state index >= 15 is 0 Å². The van der Waals surface area contributed by atoms with Crippen LogP contribution in [0.2, 0.25) is 0 Å². The number of hydrogen-bond donors (Lipinski definition) is 2. The standard InChI is InChI=1S/C19H22N2O5S/c1-3-4-13-20-27(24,25)18-11-7-16(8-12-18)21-19(23)15-5-9-17(10-6-15)26-14(2)22/h5-12,20H,3-4,13H2,1-2H3,(H,21,23). The van der Waals surface area contributed by atoms with E-state index < -0.39 is 16.0 Å². The highest BCUT2D eigenvalue weighted by molar-refractivity contribution is 7.89. The number of ether oxygens (including phenoxy) is 1. The third-order valence-corrected chi connectivity index (χ3v) is 5.10. The molecule has 7 nitrogen and oxygen atoms in total. The number of unbranched alkanes of at least 4 members (excludes halogenated alkanes) is 1. The van der Waals surface area contributed by atoms with Gasteiger partial charge in [-0.2, -0.15) is 0 Å². The van der Waals surface area contributed by atoms with Crippen molar-refractivity contribution in [3.05, 3.63) is 54.1 Å². The molecule has 2 rings (SSSR count). The highest BCUT2D eigenvalue weighted by atomic mass is 32.2. The molecule has 0 aliphatic carbocycles. The third kappa shape index (κ3) is 6.19. The summed E-state index contributed by atoms with van der Waals surface area (Å²) >= 11 is 0. The Bertz CT molecular complexity index is 891. The third-order valence-electron chi connectivity index (χ3n) is 3.62. The van der Waals surface area contributed by atoms with Crippen molar-refractivity contribution in [2.45, 2.75) is 31.6 Å². The Balaban J connectivity index is 2.01. The van der Waals surface area contributed by atoms with Crippen LogP contribution in [0, 0.1) is 0 Å². The Hall–Kier alpha value is -2.71. The normalized spacial score (nSPS) is 11.0. The first-order valence-corrected chi connectivity index (χ1v) is 9.99. The van der Waals surface area contributed by atoms with Crippen LogP contribution in [-0.4, -0.2) is 26.8 Å². The Morgan fingerprint density at radius 3 is 2.19 bits per heavy atom. The molecule has 2 aromatic carbocycles. The molecule has 0 atom stereocenters. The lowest BCUT2D eigenvalue weighted by Crippen LogP contribution is -2.24. The summed E-state index contributed by atoms with van der Waals surface area (Å²) in [5.74, 6) is -0.448. The lowest BCUT2D eigenvalue weighted by atomic mass is 10.2. The van der Waals surface area contributed by atoms with E-state index in [4.69, 9.17) is 4.74 Å². The van der Waals surface area contributed by atoms with Gasteiger partial charge in [-0.1, -0.05) is 13.3 Å². The number of hydrogen-bond acceptors (Lipinski definition) is 5. The number of rotatable bonds is 8. The van der Waals surface area contributed by atoms with Crippen molar-refractivity contribution < 1.29 is 22.7 Å². The zero-order valence-electron chi connectivity index (χ0n) is 15.2. The summed E-state index contributed by atoms with van der Waals surface area (Å²) in [6.45, 7) is 3.67. The number of benzene rings is 2. The molecule has 144 valence electrons. The summed E-state index contributed by atoms with van der Waals surface area (Å²) in [4.78, 5) is 23.3. The van der Waals surface area contributed by atoms with Gasteiger partial charge in [-0.05, 0) is 55.0 Å². The number of carbonyl (C=O) groups is 2. The molecule has 0 saturated carbocycles. The van der Waals surface area contributed by atoms with Crippen molar-refractivity contribution in [1.82, 2.24) is 4.72 Å². The maximum Gasteiger partial charge on any atom is 0.308 e. The predicted octanol–water partition coefficient (Wildman–Crippen LogP) is 2.94. The van der Waals surface area contributed by atoms with Crippen LogP contribution < -0.4 is 14.8 Å². The van der Waals surface area contributed by atoms with E-state index in [0.717, 1.165) is 12.8 Å². The molecular weight excluding hydrogens is 368 g/mol. The van der Waals surface area contributed by atoms with Gasteiger partial charge in [-0.25, -0.2) is 13.1 Å². The zero-order chi connectivity index (χ0) is 19.9. The van der Waals surface area contributed by atoms with Crippen molar-refractivity contribution in [2.75, 3.05) is 11.9 Å². The van der Waals surface area contributed by atoms with Crippen molar-refractivity contribution in [1.29, 1.82) is 0 Å². The Labute approximate surface area is 158 Å². The second-order valence-corrected chi connectivity index (χ2v) is 7.61. The number of sulfonamides is 1. The molecule has 8 heteroatoms. The SMILES string of the molecule is CCCCNS(=O)(=O)c1ccc(NC(=O)c2ccc(OC(C)=O)cc2)cc1. The number of nitrogens with one attached hydrogen (secondary N) is 2. The molecule has 0 saturated heterocycles. The Morgan fingerprint density at radius 2 is 1.63 bits per heavy atom. The molecule has 0 spiro atoms. The fourth-order valence-electron chi connectivity index (χ4n) is 2.23. The molecule has 0 unspecified atom stereocenters. The first-order chi connectivity index (χ1) is 12.8. The van der Waals surface area contributed by atoms with Crippen LogP contribution in [-0.2, 0) is 14.8 Å². The van der Waals surface area contributed by atoms with Crippen molar-refractivity contribution in [3.8, 4) is 5.75 Å². The lowest BCUT2D eigenvalue weighted by molar-refractivity contribution is -0.131. The van der Waals surface area contributed by atoms with Gasteiger partial charge in [0, 0.05) is 24.7 Å². The molecule has 0 aliphatic rings. The van der Waals surface area contributed by atoms with Crippen LogP contribution in [0.4, 0.5) is 5.69 Å². The minimum absolute atomic E-state index is 0.141. The molecule has 2 N–H and O–H groups in total. The van der Waals surface area contributed by atoms with E-state index in [1.807, 2.05) is 6.92 Å². The molecule has 0 bridgehead atoms. The first-order valence-electron chi connectivity index (χ1n) is 8.51. The average Bonchev–Trinajstić information content (AvgIpc) is 2.62.